The molecule has 5 rings (SSSR count). The number of fused-ring (bicyclic) bond motifs is 5. The first-order valence-electron chi connectivity index (χ1n) is 6.55. The highest BCUT2D eigenvalue weighted by Crippen LogP contribution is 2.30. The van der Waals surface area contributed by atoms with Gasteiger partial charge >= 0.3 is 0 Å². The van der Waals surface area contributed by atoms with Crippen LogP contribution >= 0.6 is 11.3 Å². The highest BCUT2D eigenvalue weighted by Gasteiger charge is 2.18. The third-order valence-electron chi connectivity index (χ3n) is 3.59. The number of nitrogens with zero attached hydrogens (tertiary/aromatic N) is 5. The second-order valence-corrected chi connectivity index (χ2v) is 5.74. The van der Waals surface area contributed by atoms with Gasteiger partial charge in [-0.3, -0.25) is 0 Å². The average Bonchev–Trinajstić information content (AvgIpc) is 3.22. The van der Waals surface area contributed by atoms with Crippen molar-refractivity contribution < 1.29 is 4.63 Å². The summed E-state index contributed by atoms with van der Waals surface area (Å²) < 4.78 is 3.83. The molecule has 0 saturated carbocycles. The Kier molecular flexibility index (Phi) is 2.04. The Morgan fingerprint density at radius 3 is 2.95 bits per heavy atom. The van der Waals surface area contributed by atoms with Crippen molar-refractivity contribution in [3.8, 4) is 10.4 Å². The van der Waals surface area contributed by atoms with Gasteiger partial charge in [0.1, 0.15) is 5.65 Å². The van der Waals surface area contributed by atoms with Crippen molar-refractivity contribution in [2.45, 2.75) is 0 Å². The van der Waals surface area contributed by atoms with Gasteiger partial charge in [0.25, 0.3) is 5.52 Å². The van der Waals surface area contributed by atoms with E-state index in [4.69, 9.17) is 0 Å². The van der Waals surface area contributed by atoms with Crippen LogP contribution in [0.25, 0.3) is 32.6 Å². The zero-order chi connectivity index (χ0) is 13.8. The van der Waals surface area contributed by atoms with Crippen LogP contribution in [-0.4, -0.2) is 14.5 Å². The number of aromatic nitrogens is 5. The maximum absolute atomic E-state index is 4.58. The lowest BCUT2D eigenvalue weighted by Crippen LogP contribution is -2.30. The van der Waals surface area contributed by atoms with E-state index in [1.807, 2.05) is 9.15 Å². The molecule has 0 atom stereocenters. The summed E-state index contributed by atoms with van der Waals surface area (Å²) in [6.45, 7) is 0. The molecule has 0 fully saturated rings. The molecule has 4 aromatic heterocycles. The molecule has 5 aromatic rings. The molecule has 0 spiro atoms. The van der Waals surface area contributed by atoms with Gasteiger partial charge in [-0.25, -0.2) is 4.98 Å². The largest absolute Gasteiger partial charge is 0.361 e. The first kappa shape index (κ1) is 11.0. The van der Waals surface area contributed by atoms with E-state index in [1.165, 1.54) is 10.4 Å². The second kappa shape index (κ2) is 3.89. The molecule has 0 bridgehead atoms. The van der Waals surface area contributed by atoms with Gasteiger partial charge in [-0.05, 0) is 29.8 Å². The van der Waals surface area contributed by atoms with Crippen molar-refractivity contribution in [3.63, 3.8) is 0 Å². The van der Waals surface area contributed by atoms with Gasteiger partial charge in [-0.2, -0.15) is 4.52 Å². The quantitative estimate of drug-likeness (QED) is 0.445. The summed E-state index contributed by atoms with van der Waals surface area (Å²) in [7, 11) is 0. The van der Waals surface area contributed by atoms with E-state index in [2.05, 4.69) is 57.0 Å². The monoisotopic (exact) mass is 291 g/mol. The molecular weight excluding hydrogens is 282 g/mol. The van der Waals surface area contributed by atoms with Gasteiger partial charge in [0.2, 0.25) is 0 Å². The van der Waals surface area contributed by atoms with Crippen LogP contribution in [0.15, 0.2) is 54.3 Å². The highest BCUT2D eigenvalue weighted by atomic mass is 32.1. The maximum Gasteiger partial charge on any atom is 0.255 e. The molecule has 4 heterocycles. The summed E-state index contributed by atoms with van der Waals surface area (Å²) in [6.07, 6.45) is 5.41. The second-order valence-electron chi connectivity index (χ2n) is 4.79. The Morgan fingerprint density at radius 1 is 1.10 bits per heavy atom. The molecule has 0 radical (unpaired) electrons. The standard InChI is InChI=1S/C15H9N5S/c1-3-10-9-19-15-14(16-6-7-17-15)18-20(19)13(10)11(4-1)12-5-2-8-21-12/h1-9H. The molecule has 21 heavy (non-hydrogen) atoms. The van der Waals surface area contributed by atoms with Gasteiger partial charge in [0.05, 0.1) is 10.9 Å². The topological polar surface area (TPSA) is 48.4 Å². The molecule has 0 unspecified atom stereocenters. The third-order valence-corrected chi connectivity index (χ3v) is 4.49. The lowest BCUT2D eigenvalue weighted by molar-refractivity contribution is -0.649. The fourth-order valence-electron chi connectivity index (χ4n) is 2.71. The Bertz CT molecular complexity index is 1090. The van der Waals surface area contributed by atoms with Crippen LogP contribution in [0, 0.1) is 0 Å². The molecule has 0 aliphatic rings. The van der Waals surface area contributed by atoms with Crippen LogP contribution in [-0.2, 0) is 0 Å². The van der Waals surface area contributed by atoms with E-state index in [1.54, 1.807) is 23.7 Å². The van der Waals surface area contributed by atoms with Crippen LogP contribution < -0.4 is 9.73 Å². The summed E-state index contributed by atoms with van der Waals surface area (Å²) in [6, 6.07) is 10.5. The van der Waals surface area contributed by atoms with Gasteiger partial charge in [-0.1, -0.05) is 16.8 Å². The Labute approximate surface area is 123 Å². The first-order valence-corrected chi connectivity index (χ1v) is 7.43. The third kappa shape index (κ3) is 1.42. The molecule has 0 aliphatic carbocycles. The van der Waals surface area contributed by atoms with Crippen molar-refractivity contribution in [1.82, 2.24) is 19.6 Å². The van der Waals surface area contributed by atoms with Crippen LogP contribution in [0.1, 0.15) is 0 Å². The predicted molar refractivity (Wildman–Crippen MR) is 80.3 cm³/mol. The van der Waals surface area contributed by atoms with Crippen LogP contribution in [0.4, 0.5) is 0 Å². The zero-order valence-electron chi connectivity index (χ0n) is 10.8. The number of rotatable bonds is 1. The minimum atomic E-state index is 0.653. The number of hydrogen-bond donors (Lipinski definition) is 0. The number of thiophene rings is 1. The van der Waals surface area contributed by atoms with E-state index in [9.17, 15) is 0 Å². The summed E-state index contributed by atoms with van der Waals surface area (Å²) in [5.41, 5.74) is 3.68. The minimum Gasteiger partial charge on any atom is -0.361 e. The molecule has 0 amide bonds. The number of benzene rings is 1. The van der Waals surface area contributed by atoms with Crippen molar-refractivity contribution in [1.29, 1.82) is 0 Å². The van der Waals surface area contributed by atoms with Crippen molar-refractivity contribution >= 4 is 33.5 Å². The van der Waals surface area contributed by atoms with Gasteiger partial charge in [0.15, 0.2) is 5.65 Å². The smallest absolute Gasteiger partial charge is 0.255 e. The van der Waals surface area contributed by atoms with Crippen LogP contribution in [0.2, 0.25) is 0 Å². The average molecular weight is 291 g/mol. The summed E-state index contributed by atoms with van der Waals surface area (Å²) in [4.78, 5) is 9.88. The summed E-state index contributed by atoms with van der Waals surface area (Å²) in [5, 5.41) is 7.81. The molecule has 0 N–H and O–H groups in total. The van der Waals surface area contributed by atoms with E-state index in [0.29, 0.717) is 5.65 Å². The van der Waals surface area contributed by atoms with E-state index in [-0.39, 0.29) is 0 Å². The minimum absolute atomic E-state index is 0.653. The Balaban J connectivity index is 2.01. The molecule has 1 aromatic carbocycles. The number of para-hydroxylation sites is 1. The fraction of sp³-hybridized carbons (Fsp3) is 0. The zero-order valence-corrected chi connectivity index (χ0v) is 11.7. The summed E-state index contributed by atoms with van der Waals surface area (Å²) >= 11 is 1.73. The van der Waals surface area contributed by atoms with E-state index >= 15 is 0 Å². The maximum atomic E-state index is 4.58. The fourth-order valence-corrected chi connectivity index (χ4v) is 3.46. The van der Waals surface area contributed by atoms with E-state index in [0.717, 1.165) is 16.6 Å². The molecule has 0 aliphatic heterocycles. The number of hydrogen-bond acceptors (Lipinski definition) is 3. The van der Waals surface area contributed by atoms with Gasteiger partial charge in [-0.15, -0.1) is 16.4 Å². The van der Waals surface area contributed by atoms with Crippen molar-refractivity contribution in [2.24, 2.45) is 0 Å². The molecule has 100 valence electrons. The van der Waals surface area contributed by atoms with Crippen LogP contribution in [0.3, 0.4) is 0 Å². The molecule has 6 heteroatoms. The summed E-state index contributed by atoms with van der Waals surface area (Å²) in [5.74, 6) is 0. The molecule has 0 saturated heterocycles. The van der Waals surface area contributed by atoms with Gasteiger partial charge < -0.3 is 4.98 Å². The van der Waals surface area contributed by atoms with Crippen molar-refractivity contribution in [2.75, 3.05) is 0 Å². The first-order chi connectivity index (χ1) is 10.4. The predicted octanol–water partition coefficient (Wildman–Crippen LogP) is 2.31. The van der Waals surface area contributed by atoms with Crippen molar-refractivity contribution in [3.05, 3.63) is 54.3 Å². The van der Waals surface area contributed by atoms with E-state index < -0.39 is 0 Å². The normalized spacial score (nSPS) is 11.8. The molecular formula is C15H9N5S. The Hall–Kier alpha value is -2.73. The highest BCUT2D eigenvalue weighted by molar-refractivity contribution is 7.13. The Morgan fingerprint density at radius 2 is 2.05 bits per heavy atom. The lowest BCUT2D eigenvalue weighted by atomic mass is 10.1. The lowest BCUT2D eigenvalue weighted by Gasteiger charge is -1.95. The molecule has 5 nitrogen and oxygen atoms in total. The van der Waals surface area contributed by atoms with Gasteiger partial charge in [0, 0.05) is 17.3 Å². The SMILES string of the molecule is c1csc(-c2cccc3cn4c5nccnc5[n-][n+]4c23)c1. The van der Waals surface area contributed by atoms with Crippen LogP contribution in [0.5, 0.6) is 0 Å².